The van der Waals surface area contributed by atoms with Crippen molar-refractivity contribution in [2.24, 2.45) is 0 Å². The standard InChI is InChI=1S/C33H38N6O4/c1-22-9-7-12-27(23(22)2)28-21-31(43-33(40)38(4)29-20-26(41-5)13-14-30(29)42-6)36-32(35-28)34-24-10-8-11-25(19-24)39-17-15-37(3)16-18-39/h7-14,19-21H,15-18H2,1-6H3,(H,34,35,36). The van der Waals surface area contributed by atoms with Crippen LogP contribution in [0.1, 0.15) is 11.1 Å². The van der Waals surface area contributed by atoms with Crippen LogP contribution in [0.15, 0.2) is 66.7 Å². The lowest BCUT2D eigenvalue weighted by atomic mass is 10.0. The third-order valence-electron chi connectivity index (χ3n) is 7.77. The van der Waals surface area contributed by atoms with Crippen molar-refractivity contribution in [3.63, 3.8) is 0 Å². The van der Waals surface area contributed by atoms with E-state index >= 15 is 0 Å². The van der Waals surface area contributed by atoms with E-state index in [1.165, 1.54) is 4.90 Å². The molecule has 1 saturated heterocycles. The minimum atomic E-state index is -0.639. The number of anilines is 4. The van der Waals surface area contributed by atoms with Gasteiger partial charge in [0.1, 0.15) is 11.5 Å². The molecule has 224 valence electrons. The molecule has 0 aliphatic carbocycles. The molecule has 1 fully saturated rings. The van der Waals surface area contributed by atoms with Crippen LogP contribution >= 0.6 is 0 Å². The van der Waals surface area contributed by atoms with Crippen LogP contribution in [-0.4, -0.2) is 75.5 Å². The number of benzene rings is 3. The molecule has 0 bridgehead atoms. The molecular formula is C33H38N6O4. The number of carbonyl (C=O) groups is 1. The number of ether oxygens (including phenoxy) is 3. The summed E-state index contributed by atoms with van der Waals surface area (Å²) in [6.07, 6.45) is -0.639. The summed E-state index contributed by atoms with van der Waals surface area (Å²) in [4.78, 5) is 28.8. The Morgan fingerprint density at radius 1 is 0.907 bits per heavy atom. The maximum absolute atomic E-state index is 13.4. The number of hydrogen-bond acceptors (Lipinski definition) is 9. The van der Waals surface area contributed by atoms with Gasteiger partial charge in [-0.1, -0.05) is 24.3 Å². The van der Waals surface area contributed by atoms with Gasteiger partial charge in [-0.3, -0.25) is 4.90 Å². The van der Waals surface area contributed by atoms with E-state index in [4.69, 9.17) is 19.2 Å². The summed E-state index contributed by atoms with van der Waals surface area (Å²) < 4.78 is 16.6. The van der Waals surface area contributed by atoms with Gasteiger partial charge in [0, 0.05) is 62.3 Å². The number of hydrogen-bond donors (Lipinski definition) is 1. The summed E-state index contributed by atoms with van der Waals surface area (Å²) in [7, 11) is 6.86. The molecule has 4 aromatic rings. The van der Waals surface area contributed by atoms with E-state index in [0.717, 1.165) is 54.2 Å². The van der Waals surface area contributed by atoms with Gasteiger partial charge in [0.15, 0.2) is 0 Å². The number of nitrogens with zero attached hydrogens (tertiary/aromatic N) is 5. The minimum absolute atomic E-state index is 0.113. The van der Waals surface area contributed by atoms with Crippen molar-refractivity contribution in [3.8, 4) is 28.6 Å². The predicted octanol–water partition coefficient (Wildman–Crippen LogP) is 5.91. The molecular weight excluding hydrogens is 544 g/mol. The van der Waals surface area contributed by atoms with Crippen molar-refractivity contribution in [1.82, 2.24) is 14.9 Å². The van der Waals surface area contributed by atoms with Gasteiger partial charge in [-0.2, -0.15) is 4.98 Å². The maximum Gasteiger partial charge on any atom is 0.420 e. The highest BCUT2D eigenvalue weighted by Gasteiger charge is 2.21. The van der Waals surface area contributed by atoms with Gasteiger partial charge in [0.25, 0.3) is 0 Å². The summed E-state index contributed by atoms with van der Waals surface area (Å²) in [5.74, 6) is 1.52. The summed E-state index contributed by atoms with van der Waals surface area (Å²) in [6.45, 7) is 8.07. The quantitative estimate of drug-likeness (QED) is 0.272. The van der Waals surface area contributed by atoms with Crippen molar-refractivity contribution in [1.29, 1.82) is 0 Å². The molecule has 0 radical (unpaired) electrons. The molecule has 43 heavy (non-hydrogen) atoms. The molecule has 0 spiro atoms. The Hall–Kier alpha value is -4.83. The lowest BCUT2D eigenvalue weighted by Crippen LogP contribution is -2.44. The van der Waals surface area contributed by atoms with Crippen LogP contribution in [0.25, 0.3) is 11.3 Å². The number of piperazine rings is 1. The lowest BCUT2D eigenvalue weighted by molar-refractivity contribution is 0.207. The van der Waals surface area contributed by atoms with E-state index in [9.17, 15) is 4.79 Å². The number of aromatic nitrogens is 2. The SMILES string of the molecule is COc1ccc(OC)c(N(C)C(=O)Oc2cc(-c3cccc(C)c3C)nc(Nc3cccc(N4CCN(C)CC4)c3)n2)c1. The van der Waals surface area contributed by atoms with Gasteiger partial charge in [-0.05, 0) is 62.4 Å². The Morgan fingerprint density at radius 3 is 2.42 bits per heavy atom. The van der Waals surface area contributed by atoms with E-state index in [2.05, 4.69) is 52.3 Å². The van der Waals surface area contributed by atoms with Gasteiger partial charge in [0.05, 0.1) is 25.6 Å². The van der Waals surface area contributed by atoms with Crippen LogP contribution in [0.2, 0.25) is 0 Å². The highest BCUT2D eigenvalue weighted by atomic mass is 16.6. The number of aryl methyl sites for hydroxylation is 1. The Bertz CT molecular complexity index is 1600. The van der Waals surface area contributed by atoms with Gasteiger partial charge in [-0.25, -0.2) is 9.78 Å². The Kier molecular flexibility index (Phi) is 8.96. The summed E-state index contributed by atoms with van der Waals surface area (Å²) >= 11 is 0. The van der Waals surface area contributed by atoms with Gasteiger partial charge in [0.2, 0.25) is 11.8 Å². The largest absolute Gasteiger partial charge is 0.497 e. The maximum atomic E-state index is 13.4. The van der Waals surface area contributed by atoms with E-state index in [-0.39, 0.29) is 5.88 Å². The first-order valence-electron chi connectivity index (χ1n) is 14.2. The number of methoxy groups -OCH3 is 2. The first-order chi connectivity index (χ1) is 20.7. The van der Waals surface area contributed by atoms with E-state index < -0.39 is 6.09 Å². The predicted molar refractivity (Wildman–Crippen MR) is 170 cm³/mol. The number of amides is 1. The monoisotopic (exact) mass is 582 g/mol. The Labute approximate surface area is 252 Å². The van der Waals surface area contributed by atoms with Crippen molar-refractivity contribution in [2.75, 3.05) is 69.6 Å². The fourth-order valence-corrected chi connectivity index (χ4v) is 4.99. The van der Waals surface area contributed by atoms with Crippen molar-refractivity contribution in [3.05, 3.63) is 77.9 Å². The van der Waals surface area contributed by atoms with Crippen LogP contribution in [0.4, 0.5) is 27.8 Å². The molecule has 5 rings (SSSR count). The normalized spacial score (nSPS) is 13.4. The van der Waals surface area contributed by atoms with E-state index in [1.807, 2.05) is 31.2 Å². The molecule has 10 nitrogen and oxygen atoms in total. The molecule has 3 aromatic carbocycles. The molecule has 2 heterocycles. The zero-order chi connectivity index (χ0) is 30.5. The highest BCUT2D eigenvalue weighted by Crippen LogP contribution is 2.33. The van der Waals surface area contributed by atoms with Gasteiger partial charge in [-0.15, -0.1) is 0 Å². The highest BCUT2D eigenvalue weighted by molar-refractivity contribution is 5.90. The molecule has 0 atom stereocenters. The Morgan fingerprint density at radius 2 is 1.67 bits per heavy atom. The fourth-order valence-electron chi connectivity index (χ4n) is 4.99. The second kappa shape index (κ2) is 13.0. The van der Waals surface area contributed by atoms with Crippen molar-refractivity contribution in [2.45, 2.75) is 13.8 Å². The number of carbonyl (C=O) groups excluding carboxylic acids is 1. The molecule has 0 unspecified atom stereocenters. The number of nitrogens with one attached hydrogen (secondary N) is 1. The second-order valence-electron chi connectivity index (χ2n) is 10.6. The zero-order valence-corrected chi connectivity index (χ0v) is 25.5. The van der Waals surface area contributed by atoms with Gasteiger partial charge >= 0.3 is 6.09 Å². The number of rotatable bonds is 8. The van der Waals surface area contributed by atoms with E-state index in [1.54, 1.807) is 45.5 Å². The third-order valence-corrected chi connectivity index (χ3v) is 7.77. The van der Waals surface area contributed by atoms with Crippen LogP contribution in [0, 0.1) is 13.8 Å². The second-order valence-corrected chi connectivity index (χ2v) is 10.6. The topological polar surface area (TPSA) is 92.3 Å². The zero-order valence-electron chi connectivity index (χ0n) is 25.5. The lowest BCUT2D eigenvalue weighted by Gasteiger charge is -2.34. The summed E-state index contributed by atoms with van der Waals surface area (Å²) in [5, 5.41) is 3.34. The van der Waals surface area contributed by atoms with E-state index in [0.29, 0.717) is 28.8 Å². The fraction of sp³-hybridized carbons (Fsp3) is 0.303. The molecule has 0 saturated carbocycles. The van der Waals surface area contributed by atoms with Crippen LogP contribution in [-0.2, 0) is 0 Å². The first-order valence-corrected chi connectivity index (χ1v) is 14.2. The smallest absolute Gasteiger partial charge is 0.420 e. The molecule has 1 aromatic heterocycles. The molecule has 1 N–H and O–H groups in total. The average Bonchev–Trinajstić information content (AvgIpc) is 3.02. The molecule has 10 heteroatoms. The molecule has 1 amide bonds. The van der Waals surface area contributed by atoms with Gasteiger partial charge < -0.3 is 29.3 Å². The van der Waals surface area contributed by atoms with Crippen molar-refractivity contribution < 1.29 is 19.0 Å². The van der Waals surface area contributed by atoms with Crippen LogP contribution in [0.3, 0.4) is 0 Å². The molecule has 1 aliphatic rings. The first kappa shape index (κ1) is 29.7. The average molecular weight is 583 g/mol. The van der Waals surface area contributed by atoms with Crippen molar-refractivity contribution >= 4 is 29.1 Å². The Balaban J connectivity index is 1.46. The summed E-state index contributed by atoms with van der Waals surface area (Å²) in [5.41, 5.74) is 6.24. The van der Waals surface area contributed by atoms with Crippen LogP contribution < -0.4 is 29.3 Å². The number of likely N-dealkylation sites (N-methyl/N-ethyl adjacent to an activating group) is 1. The third kappa shape index (κ3) is 6.81. The molecule has 1 aliphatic heterocycles. The summed E-state index contributed by atoms with van der Waals surface area (Å²) in [6, 6.07) is 21.1. The van der Waals surface area contributed by atoms with Crippen LogP contribution in [0.5, 0.6) is 17.4 Å². The minimum Gasteiger partial charge on any atom is -0.497 e.